The molecule has 1 atom stereocenters. The molecule has 0 amide bonds. The van der Waals surface area contributed by atoms with Crippen molar-refractivity contribution < 1.29 is 18.0 Å². The third kappa shape index (κ3) is 5.06. The molecule has 4 nitrogen and oxygen atoms in total. The molecule has 0 aliphatic rings. The molecule has 1 heterocycles. The maximum absolute atomic E-state index is 13.0. The van der Waals surface area contributed by atoms with E-state index in [1.807, 2.05) is 30.3 Å². The molecule has 28 heavy (non-hydrogen) atoms. The van der Waals surface area contributed by atoms with Crippen LogP contribution in [0.1, 0.15) is 46.8 Å². The van der Waals surface area contributed by atoms with Crippen molar-refractivity contribution in [3.8, 4) is 0 Å². The Kier molecular flexibility index (Phi) is 6.23. The fourth-order valence-corrected chi connectivity index (χ4v) is 3.11. The minimum Gasteiger partial charge on any atom is -0.292 e. The van der Waals surface area contributed by atoms with Gasteiger partial charge in [-0.15, -0.1) is 0 Å². The van der Waals surface area contributed by atoms with Crippen molar-refractivity contribution in [1.82, 2.24) is 14.8 Å². The zero-order chi connectivity index (χ0) is 20.0. The fraction of sp³-hybridized carbons (Fsp3) is 0.286. The van der Waals surface area contributed by atoms with E-state index < -0.39 is 23.6 Å². The molecule has 0 N–H and O–H groups in total. The van der Waals surface area contributed by atoms with Crippen molar-refractivity contribution >= 4 is 5.78 Å². The van der Waals surface area contributed by atoms with Gasteiger partial charge in [0.2, 0.25) is 0 Å². The van der Waals surface area contributed by atoms with Crippen LogP contribution in [0.5, 0.6) is 0 Å². The Morgan fingerprint density at radius 1 is 1.04 bits per heavy atom. The summed E-state index contributed by atoms with van der Waals surface area (Å²) < 4.78 is 40.4. The van der Waals surface area contributed by atoms with Gasteiger partial charge in [-0.1, -0.05) is 48.9 Å². The van der Waals surface area contributed by atoms with Crippen LogP contribution in [0, 0.1) is 0 Å². The molecule has 0 aliphatic heterocycles. The number of carbonyl (C=O) groups excluding carboxylic acids is 1. The fourth-order valence-electron chi connectivity index (χ4n) is 3.11. The van der Waals surface area contributed by atoms with Gasteiger partial charge in [-0.3, -0.25) is 4.79 Å². The summed E-state index contributed by atoms with van der Waals surface area (Å²) in [5.41, 5.74) is 0.405. The number of aryl methyl sites for hydroxylation is 1. The molecule has 0 aliphatic carbocycles. The van der Waals surface area contributed by atoms with Gasteiger partial charge in [0.1, 0.15) is 18.7 Å². The molecule has 3 aromatic rings. The highest BCUT2D eigenvalue weighted by Crippen LogP contribution is 2.30. The molecule has 146 valence electrons. The van der Waals surface area contributed by atoms with E-state index in [-0.39, 0.29) is 5.56 Å². The molecular weight excluding hydrogens is 367 g/mol. The molecule has 0 bridgehead atoms. The largest absolute Gasteiger partial charge is 0.416 e. The predicted octanol–water partition coefficient (Wildman–Crippen LogP) is 5.13. The van der Waals surface area contributed by atoms with Crippen molar-refractivity contribution in [1.29, 1.82) is 0 Å². The highest BCUT2D eigenvalue weighted by Gasteiger charge is 2.32. The van der Waals surface area contributed by atoms with Crippen LogP contribution in [0.4, 0.5) is 13.2 Å². The summed E-state index contributed by atoms with van der Waals surface area (Å²) in [5, 5.41) is 4.03. The number of carbonyl (C=O) groups is 1. The number of hydrogen-bond acceptors (Lipinski definition) is 3. The van der Waals surface area contributed by atoms with Crippen LogP contribution in [0.3, 0.4) is 0 Å². The first-order valence-corrected chi connectivity index (χ1v) is 9.04. The highest BCUT2D eigenvalue weighted by molar-refractivity contribution is 5.99. The Balaban J connectivity index is 1.71. The lowest BCUT2D eigenvalue weighted by molar-refractivity contribution is -0.137. The van der Waals surface area contributed by atoms with Crippen molar-refractivity contribution in [3.05, 3.63) is 83.9 Å². The monoisotopic (exact) mass is 387 g/mol. The number of unbranched alkanes of at least 4 members (excludes halogenated alkanes) is 1. The molecule has 0 spiro atoms. The quantitative estimate of drug-likeness (QED) is 0.397. The molecule has 3 rings (SSSR count). The minimum absolute atomic E-state index is 0.0263. The smallest absolute Gasteiger partial charge is 0.292 e. The van der Waals surface area contributed by atoms with Crippen LogP contribution < -0.4 is 0 Å². The summed E-state index contributed by atoms with van der Waals surface area (Å²) in [7, 11) is 0. The second kappa shape index (κ2) is 8.82. The summed E-state index contributed by atoms with van der Waals surface area (Å²) >= 11 is 0. The van der Waals surface area contributed by atoms with E-state index in [4.69, 9.17) is 0 Å². The van der Waals surface area contributed by atoms with E-state index in [2.05, 4.69) is 10.1 Å². The van der Waals surface area contributed by atoms with Crippen molar-refractivity contribution in [2.75, 3.05) is 0 Å². The molecule has 0 saturated heterocycles. The number of alkyl halides is 3. The van der Waals surface area contributed by atoms with E-state index >= 15 is 0 Å². The summed E-state index contributed by atoms with van der Waals surface area (Å²) in [4.78, 5) is 16.8. The predicted molar refractivity (Wildman–Crippen MR) is 98.8 cm³/mol. The maximum Gasteiger partial charge on any atom is 0.416 e. The molecule has 0 radical (unpaired) electrons. The average Bonchev–Trinajstić information content (AvgIpc) is 3.22. The van der Waals surface area contributed by atoms with Crippen molar-refractivity contribution in [2.45, 2.75) is 37.9 Å². The minimum atomic E-state index is -4.49. The number of halogens is 3. The molecule has 2 aromatic carbocycles. The van der Waals surface area contributed by atoms with Crippen molar-refractivity contribution in [3.63, 3.8) is 0 Å². The lowest BCUT2D eigenvalue weighted by Crippen LogP contribution is -2.21. The number of hydrogen-bond donors (Lipinski definition) is 0. The highest BCUT2D eigenvalue weighted by atomic mass is 19.4. The van der Waals surface area contributed by atoms with E-state index in [1.165, 1.54) is 35.0 Å². The zero-order valence-corrected chi connectivity index (χ0v) is 15.1. The summed E-state index contributed by atoms with van der Waals surface area (Å²) in [6, 6.07) is 13.8. The summed E-state index contributed by atoms with van der Waals surface area (Å²) in [5.74, 6) is -0.392. The number of ketones is 1. The van der Waals surface area contributed by atoms with Crippen LogP contribution in [-0.4, -0.2) is 20.5 Å². The first-order valence-electron chi connectivity index (χ1n) is 9.04. The molecule has 0 saturated carbocycles. The third-order valence-corrected chi connectivity index (χ3v) is 4.57. The van der Waals surface area contributed by atoms with E-state index in [0.29, 0.717) is 6.42 Å². The number of benzene rings is 2. The summed E-state index contributed by atoms with van der Waals surface area (Å²) in [6.45, 7) is 0. The number of Topliss-reactive ketones (excluding diaryl/α,β-unsaturated/α-hetero) is 1. The number of nitrogens with zero attached hydrogens (tertiary/aromatic N) is 3. The van der Waals surface area contributed by atoms with E-state index in [0.717, 1.165) is 31.4 Å². The van der Waals surface area contributed by atoms with Crippen molar-refractivity contribution in [2.24, 2.45) is 0 Å². The average molecular weight is 387 g/mol. The topological polar surface area (TPSA) is 47.8 Å². The van der Waals surface area contributed by atoms with E-state index in [9.17, 15) is 18.0 Å². The Labute approximate surface area is 161 Å². The number of aromatic nitrogens is 3. The Hall–Kier alpha value is -2.96. The molecule has 1 aromatic heterocycles. The molecule has 0 fully saturated rings. The van der Waals surface area contributed by atoms with Gasteiger partial charge >= 0.3 is 6.18 Å². The van der Waals surface area contributed by atoms with Gasteiger partial charge < -0.3 is 0 Å². The standard InChI is InChI=1S/C21H20F3N3O/c22-21(23,24)18-11-6-10-17(13-18)20(28)19(27-15-25-14-26-27)12-5-4-9-16-7-2-1-3-8-16/h1-3,6-8,10-11,13-15,19H,4-5,9,12H2. The van der Waals surface area contributed by atoms with Crippen LogP contribution in [0.15, 0.2) is 67.3 Å². The van der Waals surface area contributed by atoms with Crippen LogP contribution in [0.2, 0.25) is 0 Å². The van der Waals surface area contributed by atoms with Gasteiger partial charge in [-0.2, -0.15) is 18.3 Å². The molecule has 7 heteroatoms. The summed E-state index contributed by atoms with van der Waals surface area (Å²) in [6.07, 6.45) is 1.21. The lowest BCUT2D eigenvalue weighted by Gasteiger charge is -2.17. The lowest BCUT2D eigenvalue weighted by atomic mass is 9.97. The van der Waals surface area contributed by atoms with Gasteiger partial charge in [0.25, 0.3) is 0 Å². The first kappa shape index (κ1) is 19.8. The van der Waals surface area contributed by atoms with Crippen LogP contribution >= 0.6 is 0 Å². The second-order valence-corrected chi connectivity index (χ2v) is 6.57. The second-order valence-electron chi connectivity index (χ2n) is 6.57. The van der Waals surface area contributed by atoms with Gasteiger partial charge in [-0.25, -0.2) is 9.67 Å². The van der Waals surface area contributed by atoms with Gasteiger partial charge in [0.05, 0.1) is 5.56 Å². The third-order valence-electron chi connectivity index (χ3n) is 4.57. The zero-order valence-electron chi connectivity index (χ0n) is 15.1. The number of rotatable bonds is 8. The first-order chi connectivity index (χ1) is 13.4. The Bertz CT molecular complexity index is 893. The van der Waals surface area contributed by atoms with Crippen LogP contribution in [-0.2, 0) is 12.6 Å². The normalized spacial score (nSPS) is 12.7. The molecule has 1 unspecified atom stereocenters. The van der Waals surface area contributed by atoms with Crippen LogP contribution in [0.25, 0.3) is 0 Å². The van der Waals surface area contributed by atoms with E-state index in [1.54, 1.807) is 0 Å². The van der Waals surface area contributed by atoms with Gasteiger partial charge in [0.15, 0.2) is 5.78 Å². The maximum atomic E-state index is 13.0. The Morgan fingerprint density at radius 2 is 1.82 bits per heavy atom. The SMILES string of the molecule is O=C(c1cccc(C(F)(F)F)c1)C(CCCCc1ccccc1)n1cncn1. The molecular formula is C21H20F3N3O. The van der Waals surface area contributed by atoms with Gasteiger partial charge in [-0.05, 0) is 37.0 Å². The van der Waals surface area contributed by atoms with Gasteiger partial charge in [0, 0.05) is 5.56 Å². The Morgan fingerprint density at radius 3 is 2.50 bits per heavy atom.